The van der Waals surface area contributed by atoms with E-state index in [1.165, 1.54) is 0 Å². The first-order valence-electron chi connectivity index (χ1n) is 5.94. The van der Waals surface area contributed by atoms with Gasteiger partial charge in [-0.2, -0.15) is 0 Å². The van der Waals surface area contributed by atoms with Crippen molar-refractivity contribution in [1.29, 1.82) is 0 Å². The standard InChI is InChI=1S/C11H19N5O2/c1-7-10(15-12)13-8(2)14-11(7)16-3-4-18-6-9(16)5-17/h9,17H,3-6,12H2,1-2H3,(H,13,14,15). The number of anilines is 2. The van der Waals surface area contributed by atoms with Crippen LogP contribution in [0.15, 0.2) is 0 Å². The van der Waals surface area contributed by atoms with E-state index in [4.69, 9.17) is 10.6 Å². The Balaban J connectivity index is 2.39. The Kier molecular flexibility index (Phi) is 3.95. The van der Waals surface area contributed by atoms with Gasteiger partial charge < -0.3 is 20.2 Å². The number of hydrogen-bond donors (Lipinski definition) is 3. The largest absolute Gasteiger partial charge is 0.394 e. The normalized spacial score (nSPS) is 20.0. The van der Waals surface area contributed by atoms with Crippen molar-refractivity contribution >= 4 is 11.6 Å². The number of aryl methyl sites for hydroxylation is 1. The van der Waals surface area contributed by atoms with E-state index in [1.54, 1.807) is 0 Å². The predicted octanol–water partition coefficient (Wildman–Crippen LogP) is -0.423. The summed E-state index contributed by atoms with van der Waals surface area (Å²) in [6, 6.07) is -0.0719. The van der Waals surface area contributed by atoms with Crippen molar-refractivity contribution < 1.29 is 9.84 Å². The van der Waals surface area contributed by atoms with Crippen molar-refractivity contribution in [3.63, 3.8) is 0 Å². The minimum atomic E-state index is -0.0719. The van der Waals surface area contributed by atoms with E-state index in [0.717, 1.165) is 11.4 Å². The molecule has 7 heteroatoms. The third-order valence-electron chi connectivity index (χ3n) is 3.08. The molecule has 1 saturated heterocycles. The lowest BCUT2D eigenvalue weighted by Crippen LogP contribution is -2.48. The number of ether oxygens (including phenoxy) is 1. The van der Waals surface area contributed by atoms with Crippen molar-refractivity contribution in [2.75, 3.05) is 36.7 Å². The summed E-state index contributed by atoms with van der Waals surface area (Å²) in [4.78, 5) is 10.7. The summed E-state index contributed by atoms with van der Waals surface area (Å²) < 4.78 is 5.37. The first-order chi connectivity index (χ1) is 8.67. The SMILES string of the molecule is Cc1nc(NN)c(C)c(N2CCOCC2CO)n1. The molecule has 0 bridgehead atoms. The first-order valence-corrected chi connectivity index (χ1v) is 5.94. The molecular weight excluding hydrogens is 234 g/mol. The lowest BCUT2D eigenvalue weighted by molar-refractivity contribution is 0.0722. The highest BCUT2D eigenvalue weighted by Gasteiger charge is 2.26. The molecule has 18 heavy (non-hydrogen) atoms. The number of nitrogens with zero attached hydrogens (tertiary/aromatic N) is 3. The van der Waals surface area contributed by atoms with Crippen LogP contribution < -0.4 is 16.2 Å². The zero-order valence-electron chi connectivity index (χ0n) is 10.7. The minimum absolute atomic E-state index is 0.0356. The van der Waals surface area contributed by atoms with E-state index >= 15 is 0 Å². The van der Waals surface area contributed by atoms with Gasteiger partial charge in [-0.25, -0.2) is 15.8 Å². The fourth-order valence-electron chi connectivity index (χ4n) is 2.12. The van der Waals surface area contributed by atoms with Crippen LogP contribution in [0.1, 0.15) is 11.4 Å². The molecule has 0 radical (unpaired) electrons. The highest BCUT2D eigenvalue weighted by atomic mass is 16.5. The average Bonchev–Trinajstić information content (AvgIpc) is 2.41. The molecule has 1 aliphatic rings. The highest BCUT2D eigenvalue weighted by molar-refractivity contribution is 5.58. The lowest BCUT2D eigenvalue weighted by atomic mass is 10.2. The van der Waals surface area contributed by atoms with Crippen molar-refractivity contribution in [2.24, 2.45) is 5.84 Å². The molecule has 0 aliphatic carbocycles. The smallest absolute Gasteiger partial charge is 0.148 e. The summed E-state index contributed by atoms with van der Waals surface area (Å²) in [6.07, 6.45) is 0. The molecule has 2 heterocycles. The maximum Gasteiger partial charge on any atom is 0.148 e. The van der Waals surface area contributed by atoms with E-state index in [-0.39, 0.29) is 12.6 Å². The second-order valence-electron chi connectivity index (χ2n) is 4.32. The van der Waals surface area contributed by atoms with E-state index in [1.807, 2.05) is 18.7 Å². The molecule has 4 N–H and O–H groups in total. The van der Waals surface area contributed by atoms with Crippen LogP contribution in [0.4, 0.5) is 11.6 Å². The molecule has 0 aromatic carbocycles. The number of hydrazine groups is 1. The third kappa shape index (κ3) is 2.38. The molecule has 100 valence electrons. The molecule has 0 amide bonds. The van der Waals surface area contributed by atoms with Crippen LogP contribution in [0, 0.1) is 13.8 Å². The lowest BCUT2D eigenvalue weighted by Gasteiger charge is -2.36. The molecule has 0 spiro atoms. The Morgan fingerprint density at radius 3 is 2.94 bits per heavy atom. The van der Waals surface area contributed by atoms with E-state index < -0.39 is 0 Å². The molecule has 1 aliphatic heterocycles. The van der Waals surface area contributed by atoms with Crippen LogP contribution in [0.3, 0.4) is 0 Å². The topological polar surface area (TPSA) is 96.5 Å². The maximum absolute atomic E-state index is 9.40. The Bertz CT molecular complexity index is 426. The van der Waals surface area contributed by atoms with Gasteiger partial charge in [-0.1, -0.05) is 0 Å². The number of hydrogen-bond acceptors (Lipinski definition) is 7. The zero-order valence-corrected chi connectivity index (χ0v) is 10.7. The predicted molar refractivity (Wildman–Crippen MR) is 68.4 cm³/mol. The number of nitrogens with two attached hydrogens (primary N) is 1. The number of morpholine rings is 1. The number of aliphatic hydroxyl groups excluding tert-OH is 1. The van der Waals surface area contributed by atoms with Gasteiger partial charge in [0, 0.05) is 12.1 Å². The Hall–Kier alpha value is -1.44. The monoisotopic (exact) mass is 253 g/mol. The van der Waals surface area contributed by atoms with Crippen LogP contribution >= 0.6 is 0 Å². The molecule has 2 rings (SSSR count). The van der Waals surface area contributed by atoms with Crippen molar-refractivity contribution in [2.45, 2.75) is 19.9 Å². The molecule has 0 saturated carbocycles. The van der Waals surface area contributed by atoms with Gasteiger partial charge in [0.25, 0.3) is 0 Å². The number of nitrogens with one attached hydrogen (secondary N) is 1. The van der Waals surface area contributed by atoms with Crippen LogP contribution in [0.25, 0.3) is 0 Å². The summed E-state index contributed by atoms with van der Waals surface area (Å²) >= 11 is 0. The molecule has 1 atom stereocenters. The van der Waals surface area contributed by atoms with Crippen molar-refractivity contribution in [1.82, 2.24) is 9.97 Å². The van der Waals surface area contributed by atoms with Gasteiger partial charge in [0.05, 0.1) is 25.9 Å². The number of nitrogen functional groups attached to an aromatic ring is 1. The molecule has 7 nitrogen and oxygen atoms in total. The highest BCUT2D eigenvalue weighted by Crippen LogP contribution is 2.25. The van der Waals surface area contributed by atoms with Crippen LogP contribution in [-0.2, 0) is 4.74 Å². The molecule has 1 fully saturated rings. The first kappa shape index (κ1) is 13.0. The summed E-state index contributed by atoms with van der Waals surface area (Å²) in [5.74, 6) is 7.51. The van der Waals surface area contributed by atoms with Gasteiger partial charge >= 0.3 is 0 Å². The quantitative estimate of drug-likeness (QED) is 0.497. The van der Waals surface area contributed by atoms with Crippen LogP contribution in [0.2, 0.25) is 0 Å². The van der Waals surface area contributed by atoms with Gasteiger partial charge in [-0.15, -0.1) is 0 Å². The number of aliphatic hydroxyl groups is 1. The zero-order chi connectivity index (χ0) is 13.1. The van der Waals surface area contributed by atoms with Crippen LogP contribution in [-0.4, -0.2) is 47.5 Å². The van der Waals surface area contributed by atoms with Gasteiger partial charge in [0.15, 0.2) is 0 Å². The fourth-order valence-corrected chi connectivity index (χ4v) is 2.12. The van der Waals surface area contributed by atoms with E-state index in [2.05, 4.69) is 15.4 Å². The van der Waals surface area contributed by atoms with Gasteiger partial charge in [0.2, 0.25) is 0 Å². The van der Waals surface area contributed by atoms with Gasteiger partial charge in [-0.3, -0.25) is 0 Å². The summed E-state index contributed by atoms with van der Waals surface area (Å²) in [5, 5.41) is 9.40. The van der Waals surface area contributed by atoms with Gasteiger partial charge in [-0.05, 0) is 13.8 Å². The molecule has 1 aromatic rings. The summed E-state index contributed by atoms with van der Waals surface area (Å²) in [5.41, 5.74) is 3.46. The number of rotatable bonds is 3. The number of aromatic nitrogens is 2. The summed E-state index contributed by atoms with van der Waals surface area (Å²) in [6.45, 7) is 5.60. The molecule has 1 aromatic heterocycles. The Labute approximate surface area is 106 Å². The van der Waals surface area contributed by atoms with E-state index in [9.17, 15) is 5.11 Å². The average molecular weight is 253 g/mol. The fraction of sp³-hybridized carbons (Fsp3) is 0.636. The van der Waals surface area contributed by atoms with E-state index in [0.29, 0.717) is 31.4 Å². The third-order valence-corrected chi connectivity index (χ3v) is 3.08. The summed E-state index contributed by atoms with van der Waals surface area (Å²) in [7, 11) is 0. The molecular formula is C11H19N5O2. The second kappa shape index (κ2) is 5.47. The Morgan fingerprint density at radius 1 is 1.50 bits per heavy atom. The minimum Gasteiger partial charge on any atom is -0.394 e. The Morgan fingerprint density at radius 2 is 2.28 bits per heavy atom. The maximum atomic E-state index is 9.40. The molecule has 1 unspecified atom stereocenters. The van der Waals surface area contributed by atoms with Gasteiger partial charge in [0.1, 0.15) is 17.5 Å². The van der Waals surface area contributed by atoms with Crippen molar-refractivity contribution in [3.05, 3.63) is 11.4 Å². The van der Waals surface area contributed by atoms with Crippen molar-refractivity contribution in [3.8, 4) is 0 Å². The van der Waals surface area contributed by atoms with Crippen LogP contribution in [0.5, 0.6) is 0 Å². The second-order valence-corrected chi connectivity index (χ2v) is 4.32.